The summed E-state index contributed by atoms with van der Waals surface area (Å²) in [6.07, 6.45) is 7.76. The van der Waals surface area contributed by atoms with Crippen LogP contribution in [-0.2, 0) is 6.42 Å². The van der Waals surface area contributed by atoms with Crippen molar-refractivity contribution in [2.75, 3.05) is 0 Å². The Morgan fingerprint density at radius 3 is 2.93 bits per heavy atom. The van der Waals surface area contributed by atoms with Crippen LogP contribution in [0.2, 0.25) is 0 Å². The van der Waals surface area contributed by atoms with Crippen LogP contribution in [0.4, 0.5) is 0 Å². The Hall–Kier alpha value is -0.830. The molecule has 0 fully saturated rings. The topological polar surface area (TPSA) is 43.8 Å². The molecule has 0 amide bonds. The summed E-state index contributed by atoms with van der Waals surface area (Å²) in [7, 11) is 0. The fourth-order valence-electron chi connectivity index (χ4n) is 2.56. The summed E-state index contributed by atoms with van der Waals surface area (Å²) in [5.41, 5.74) is 8.77. The number of hydrogen-bond acceptors (Lipinski definition) is 2. The summed E-state index contributed by atoms with van der Waals surface area (Å²) in [5, 5.41) is 4.53. The fourth-order valence-corrected chi connectivity index (χ4v) is 2.56. The number of nitrogens with zero attached hydrogens (tertiary/aromatic N) is 2. The normalized spacial score (nSPS) is 20.7. The lowest BCUT2D eigenvalue weighted by molar-refractivity contribution is 0.404. The minimum atomic E-state index is 0.219. The molecule has 0 spiro atoms. The highest BCUT2D eigenvalue weighted by Gasteiger charge is 2.23. The second-order valence-corrected chi connectivity index (χ2v) is 4.46. The average Bonchev–Trinajstić information content (AvgIpc) is 2.66. The first-order valence-corrected chi connectivity index (χ1v) is 6.09. The molecule has 2 rings (SSSR count). The molecule has 0 saturated heterocycles. The fraction of sp³-hybridized carbons (Fsp3) is 0.750. The zero-order chi connectivity index (χ0) is 10.8. The van der Waals surface area contributed by atoms with Crippen LogP contribution >= 0.6 is 0 Å². The van der Waals surface area contributed by atoms with E-state index in [0.717, 1.165) is 25.7 Å². The predicted octanol–water partition coefficient (Wildman–Crippen LogP) is 2.58. The van der Waals surface area contributed by atoms with Crippen molar-refractivity contribution >= 4 is 0 Å². The standard InChI is InChI=1S/C12H21N3/c1-3-9(4-2)15-12-7-5-6-11(13)10(12)8-14-15/h8-9,11H,3-7,13H2,1-2H3. The Morgan fingerprint density at radius 1 is 1.53 bits per heavy atom. The number of rotatable bonds is 3. The van der Waals surface area contributed by atoms with Crippen LogP contribution in [0.3, 0.4) is 0 Å². The molecule has 1 aliphatic carbocycles. The molecule has 1 unspecified atom stereocenters. The van der Waals surface area contributed by atoms with Crippen LogP contribution in [-0.4, -0.2) is 9.78 Å². The molecule has 1 aromatic heterocycles. The monoisotopic (exact) mass is 207 g/mol. The molecule has 3 nitrogen and oxygen atoms in total. The van der Waals surface area contributed by atoms with Gasteiger partial charge in [-0.15, -0.1) is 0 Å². The van der Waals surface area contributed by atoms with Crippen molar-refractivity contribution in [1.82, 2.24) is 9.78 Å². The van der Waals surface area contributed by atoms with Crippen molar-refractivity contribution in [2.24, 2.45) is 5.73 Å². The van der Waals surface area contributed by atoms with Gasteiger partial charge in [-0.05, 0) is 32.1 Å². The highest BCUT2D eigenvalue weighted by atomic mass is 15.3. The predicted molar refractivity (Wildman–Crippen MR) is 61.7 cm³/mol. The first kappa shape index (κ1) is 10.7. The molecule has 1 aromatic rings. The Morgan fingerprint density at radius 2 is 2.27 bits per heavy atom. The molecule has 2 N–H and O–H groups in total. The quantitative estimate of drug-likeness (QED) is 0.828. The third-order valence-electron chi connectivity index (χ3n) is 3.55. The van der Waals surface area contributed by atoms with Gasteiger partial charge in [0.05, 0.1) is 12.2 Å². The molecule has 84 valence electrons. The summed E-state index contributed by atoms with van der Waals surface area (Å²) in [4.78, 5) is 0. The van der Waals surface area contributed by atoms with Gasteiger partial charge in [0, 0.05) is 17.3 Å². The van der Waals surface area contributed by atoms with E-state index in [2.05, 4.69) is 23.6 Å². The van der Waals surface area contributed by atoms with E-state index >= 15 is 0 Å². The van der Waals surface area contributed by atoms with E-state index in [0.29, 0.717) is 6.04 Å². The Labute approximate surface area is 91.7 Å². The van der Waals surface area contributed by atoms with E-state index < -0.39 is 0 Å². The number of fused-ring (bicyclic) bond motifs is 1. The van der Waals surface area contributed by atoms with E-state index in [1.807, 2.05) is 6.20 Å². The number of nitrogens with two attached hydrogens (primary N) is 1. The molecular weight excluding hydrogens is 186 g/mol. The Bertz CT molecular complexity index is 326. The first-order valence-electron chi connectivity index (χ1n) is 6.09. The SMILES string of the molecule is CCC(CC)n1ncc2c1CCCC2N. The maximum atomic E-state index is 6.09. The third kappa shape index (κ3) is 1.81. The largest absolute Gasteiger partial charge is 0.324 e. The first-order chi connectivity index (χ1) is 7.27. The number of hydrogen-bond donors (Lipinski definition) is 1. The summed E-state index contributed by atoms with van der Waals surface area (Å²) in [6.45, 7) is 4.45. The van der Waals surface area contributed by atoms with E-state index in [1.54, 1.807) is 0 Å². The lowest BCUT2D eigenvalue weighted by Gasteiger charge is -2.22. The van der Waals surface area contributed by atoms with Crippen molar-refractivity contribution in [3.05, 3.63) is 17.5 Å². The zero-order valence-corrected chi connectivity index (χ0v) is 9.74. The van der Waals surface area contributed by atoms with Gasteiger partial charge in [0.1, 0.15) is 0 Å². The van der Waals surface area contributed by atoms with Crippen molar-refractivity contribution in [3.8, 4) is 0 Å². The molecule has 1 aliphatic rings. The summed E-state index contributed by atoms with van der Waals surface area (Å²) in [5.74, 6) is 0. The molecule has 15 heavy (non-hydrogen) atoms. The third-order valence-corrected chi connectivity index (χ3v) is 3.55. The molecule has 1 heterocycles. The summed E-state index contributed by atoms with van der Waals surface area (Å²) < 4.78 is 2.22. The van der Waals surface area contributed by atoms with Gasteiger partial charge in [0.2, 0.25) is 0 Å². The minimum absolute atomic E-state index is 0.219. The molecular formula is C12H21N3. The molecule has 3 heteroatoms. The van der Waals surface area contributed by atoms with E-state index in [4.69, 9.17) is 5.73 Å². The van der Waals surface area contributed by atoms with Gasteiger partial charge < -0.3 is 5.73 Å². The average molecular weight is 207 g/mol. The highest BCUT2D eigenvalue weighted by Crippen LogP contribution is 2.30. The smallest absolute Gasteiger partial charge is 0.0540 e. The van der Waals surface area contributed by atoms with Crippen LogP contribution in [0.1, 0.15) is 62.9 Å². The maximum Gasteiger partial charge on any atom is 0.0540 e. The molecule has 0 bridgehead atoms. The highest BCUT2D eigenvalue weighted by molar-refractivity contribution is 5.24. The zero-order valence-electron chi connectivity index (χ0n) is 9.74. The number of aromatic nitrogens is 2. The van der Waals surface area contributed by atoms with Gasteiger partial charge in [-0.1, -0.05) is 13.8 Å². The van der Waals surface area contributed by atoms with Crippen molar-refractivity contribution in [3.63, 3.8) is 0 Å². The van der Waals surface area contributed by atoms with Crippen LogP contribution in [0.25, 0.3) is 0 Å². The van der Waals surface area contributed by atoms with E-state index in [1.165, 1.54) is 17.7 Å². The Kier molecular flexibility index (Phi) is 3.10. The molecule has 1 atom stereocenters. The van der Waals surface area contributed by atoms with Gasteiger partial charge in [0.15, 0.2) is 0 Å². The minimum Gasteiger partial charge on any atom is -0.324 e. The molecule has 0 saturated carbocycles. The van der Waals surface area contributed by atoms with Crippen LogP contribution < -0.4 is 5.73 Å². The second-order valence-electron chi connectivity index (χ2n) is 4.46. The van der Waals surface area contributed by atoms with Gasteiger partial charge in [0.25, 0.3) is 0 Å². The van der Waals surface area contributed by atoms with Gasteiger partial charge in [-0.2, -0.15) is 5.10 Å². The maximum absolute atomic E-state index is 6.09. The van der Waals surface area contributed by atoms with Crippen molar-refractivity contribution in [1.29, 1.82) is 0 Å². The van der Waals surface area contributed by atoms with Gasteiger partial charge in [-0.3, -0.25) is 4.68 Å². The van der Waals surface area contributed by atoms with Crippen LogP contribution in [0, 0.1) is 0 Å². The van der Waals surface area contributed by atoms with Crippen LogP contribution in [0.15, 0.2) is 6.20 Å². The van der Waals surface area contributed by atoms with E-state index in [9.17, 15) is 0 Å². The molecule has 0 aromatic carbocycles. The summed E-state index contributed by atoms with van der Waals surface area (Å²) in [6, 6.07) is 0.774. The van der Waals surface area contributed by atoms with Crippen molar-refractivity contribution in [2.45, 2.75) is 58.0 Å². The molecule has 0 radical (unpaired) electrons. The summed E-state index contributed by atoms with van der Waals surface area (Å²) >= 11 is 0. The van der Waals surface area contributed by atoms with Gasteiger partial charge in [-0.25, -0.2) is 0 Å². The van der Waals surface area contributed by atoms with Crippen molar-refractivity contribution < 1.29 is 0 Å². The van der Waals surface area contributed by atoms with E-state index in [-0.39, 0.29) is 6.04 Å². The lowest BCUT2D eigenvalue weighted by Crippen LogP contribution is -2.20. The molecule has 0 aliphatic heterocycles. The van der Waals surface area contributed by atoms with Gasteiger partial charge >= 0.3 is 0 Å². The van der Waals surface area contributed by atoms with Crippen LogP contribution in [0.5, 0.6) is 0 Å². The second kappa shape index (κ2) is 4.35. The lowest BCUT2D eigenvalue weighted by atomic mass is 9.93. The Balaban J connectivity index is 2.33.